The number of hydrogen-bond donors (Lipinski definition) is 3. The smallest absolute Gasteiger partial charge is 0.272 e. The van der Waals surface area contributed by atoms with Crippen LogP contribution in [0.1, 0.15) is 27.4 Å². The van der Waals surface area contributed by atoms with E-state index in [4.69, 9.17) is 4.99 Å². The minimum Gasteiger partial charge on any atom is -0.351 e. The zero-order valence-corrected chi connectivity index (χ0v) is 18.9. The van der Waals surface area contributed by atoms with Crippen molar-refractivity contribution in [2.45, 2.75) is 12.7 Å². The number of H-pyrrole nitrogens is 2. The molecule has 0 saturated heterocycles. The van der Waals surface area contributed by atoms with E-state index in [0.717, 1.165) is 22.0 Å². The van der Waals surface area contributed by atoms with E-state index in [9.17, 15) is 9.59 Å². The Kier molecular flexibility index (Phi) is 5.30. The van der Waals surface area contributed by atoms with Gasteiger partial charge in [0.15, 0.2) is 5.82 Å². The summed E-state index contributed by atoms with van der Waals surface area (Å²) >= 11 is 0. The number of nitrogens with zero attached hydrogens (tertiary/aromatic N) is 5. The highest BCUT2D eigenvalue weighted by Crippen LogP contribution is 2.29. The molecule has 2 aromatic heterocycles. The molecule has 0 radical (unpaired) electrons. The molecule has 0 saturated carbocycles. The van der Waals surface area contributed by atoms with Crippen LogP contribution in [-0.2, 0) is 11.3 Å². The number of fused-ring (bicyclic) bond motifs is 2. The van der Waals surface area contributed by atoms with Crippen molar-refractivity contribution in [3.05, 3.63) is 108 Å². The van der Waals surface area contributed by atoms with Crippen LogP contribution >= 0.6 is 0 Å². The van der Waals surface area contributed by atoms with Gasteiger partial charge in [-0.3, -0.25) is 9.59 Å². The molecular weight excluding hydrogens is 456 g/mol. The Hall–Kier alpha value is -5.12. The normalized spacial score (nSPS) is 15.3. The molecule has 0 unspecified atom stereocenters. The van der Waals surface area contributed by atoms with E-state index in [1.165, 1.54) is 4.90 Å². The number of aliphatic imine (C=N–C) groups is 1. The van der Waals surface area contributed by atoms with Crippen LogP contribution in [0.3, 0.4) is 0 Å². The zero-order valence-electron chi connectivity index (χ0n) is 18.9. The molecule has 0 bridgehead atoms. The molecule has 36 heavy (non-hydrogen) atoms. The Labute approximate surface area is 205 Å². The van der Waals surface area contributed by atoms with Gasteiger partial charge in [0.25, 0.3) is 11.8 Å². The average Bonchev–Trinajstić information content (AvgIpc) is 3.58. The molecule has 5 aromatic rings. The summed E-state index contributed by atoms with van der Waals surface area (Å²) in [5.41, 5.74) is 3.99. The second-order valence-corrected chi connectivity index (χ2v) is 8.28. The van der Waals surface area contributed by atoms with Gasteiger partial charge >= 0.3 is 0 Å². The standard InChI is InChI=1S/C26H20N8O2/c35-25(20-14-17-10-4-6-12-19(17)27-20)29-24-26(36)34(15-22-30-32-33-31-22)21-13-7-5-11-18(21)23(28-24)16-8-2-1-3-9-16/h1-14,24,27H,15H2,(H,29,35)(H,30,31,32,33)/t24-/m1/s1. The maximum atomic E-state index is 13.9. The summed E-state index contributed by atoms with van der Waals surface area (Å²) in [6, 6.07) is 26.4. The van der Waals surface area contributed by atoms with Gasteiger partial charge in [-0.05, 0) is 28.6 Å². The SMILES string of the molecule is O=C(N[C@H]1N=C(c2ccccc2)c2ccccc2N(Cc2nnn[nH]2)C1=O)c1cc2ccccc2[nH]1. The minimum absolute atomic E-state index is 0.0825. The number of tetrazole rings is 1. The number of aromatic nitrogens is 5. The van der Waals surface area contributed by atoms with E-state index in [1.54, 1.807) is 6.07 Å². The lowest BCUT2D eigenvalue weighted by atomic mass is 10.0. The first-order chi connectivity index (χ1) is 17.7. The molecule has 176 valence electrons. The van der Waals surface area contributed by atoms with Crippen molar-refractivity contribution in [2.75, 3.05) is 4.90 Å². The van der Waals surface area contributed by atoms with E-state index in [2.05, 4.69) is 30.9 Å². The van der Waals surface area contributed by atoms with Gasteiger partial charge in [0.1, 0.15) is 5.69 Å². The number of benzodiazepines with no additional fused rings is 1. The number of anilines is 1. The molecule has 6 rings (SSSR count). The Morgan fingerprint density at radius 2 is 1.75 bits per heavy atom. The maximum absolute atomic E-state index is 13.9. The highest BCUT2D eigenvalue weighted by Gasteiger charge is 2.34. The number of rotatable bonds is 5. The highest BCUT2D eigenvalue weighted by molar-refractivity contribution is 6.20. The maximum Gasteiger partial charge on any atom is 0.272 e. The lowest BCUT2D eigenvalue weighted by Crippen LogP contribution is -2.47. The van der Waals surface area contributed by atoms with Gasteiger partial charge in [-0.2, -0.15) is 0 Å². The quantitative estimate of drug-likeness (QED) is 0.359. The molecule has 3 heterocycles. The molecule has 10 nitrogen and oxygen atoms in total. The molecular formula is C26H20N8O2. The first-order valence-electron chi connectivity index (χ1n) is 11.3. The molecule has 10 heteroatoms. The predicted octanol–water partition coefficient (Wildman–Crippen LogP) is 2.82. The highest BCUT2D eigenvalue weighted by atomic mass is 16.2. The number of para-hydroxylation sites is 2. The molecule has 0 fully saturated rings. The van der Waals surface area contributed by atoms with Crippen LogP contribution in [0.4, 0.5) is 5.69 Å². The van der Waals surface area contributed by atoms with Crippen molar-refractivity contribution in [3.8, 4) is 0 Å². The fourth-order valence-electron chi connectivity index (χ4n) is 4.31. The molecule has 0 aliphatic carbocycles. The van der Waals surface area contributed by atoms with Crippen molar-refractivity contribution in [2.24, 2.45) is 4.99 Å². The first-order valence-corrected chi connectivity index (χ1v) is 11.3. The topological polar surface area (TPSA) is 132 Å². The summed E-state index contributed by atoms with van der Waals surface area (Å²) < 4.78 is 0. The van der Waals surface area contributed by atoms with Gasteiger partial charge in [-0.25, -0.2) is 10.1 Å². The van der Waals surface area contributed by atoms with Crippen LogP contribution in [-0.4, -0.2) is 49.3 Å². The van der Waals surface area contributed by atoms with Crippen molar-refractivity contribution >= 4 is 34.1 Å². The van der Waals surface area contributed by atoms with Crippen LogP contribution in [0.25, 0.3) is 10.9 Å². The van der Waals surface area contributed by atoms with E-state index >= 15 is 0 Å². The molecule has 1 aliphatic heterocycles. The Balaban J connectivity index is 1.44. The summed E-state index contributed by atoms with van der Waals surface area (Å²) in [6.07, 6.45) is -1.18. The van der Waals surface area contributed by atoms with Crippen LogP contribution in [0.5, 0.6) is 0 Å². The van der Waals surface area contributed by atoms with Crippen LogP contribution in [0, 0.1) is 0 Å². The van der Waals surface area contributed by atoms with Gasteiger partial charge in [0.2, 0.25) is 6.17 Å². The Morgan fingerprint density at radius 1 is 0.972 bits per heavy atom. The number of nitrogens with one attached hydrogen (secondary N) is 3. The van der Waals surface area contributed by atoms with Gasteiger partial charge in [0, 0.05) is 22.0 Å². The Morgan fingerprint density at radius 3 is 2.56 bits per heavy atom. The largest absolute Gasteiger partial charge is 0.351 e. The number of hydrogen-bond acceptors (Lipinski definition) is 6. The fourth-order valence-corrected chi connectivity index (χ4v) is 4.31. The van der Waals surface area contributed by atoms with E-state index < -0.39 is 18.0 Å². The van der Waals surface area contributed by atoms with Gasteiger partial charge in [-0.1, -0.05) is 66.7 Å². The fraction of sp³-hybridized carbons (Fsp3) is 0.0769. The van der Waals surface area contributed by atoms with Crippen molar-refractivity contribution in [1.82, 2.24) is 30.9 Å². The molecule has 2 amide bonds. The lowest BCUT2D eigenvalue weighted by molar-refractivity contribution is -0.120. The number of carbonyl (C=O) groups excluding carboxylic acids is 2. The number of amides is 2. The second-order valence-electron chi connectivity index (χ2n) is 8.28. The Bertz CT molecular complexity index is 1560. The van der Waals surface area contributed by atoms with Gasteiger partial charge < -0.3 is 15.2 Å². The van der Waals surface area contributed by atoms with Gasteiger partial charge in [0.05, 0.1) is 17.9 Å². The third kappa shape index (κ3) is 3.90. The van der Waals surface area contributed by atoms with Crippen LogP contribution < -0.4 is 10.2 Å². The zero-order chi connectivity index (χ0) is 24.5. The molecule has 3 aromatic carbocycles. The molecule has 1 atom stereocenters. The summed E-state index contributed by atoms with van der Waals surface area (Å²) in [5.74, 6) is -0.441. The van der Waals surface area contributed by atoms with Crippen molar-refractivity contribution in [3.63, 3.8) is 0 Å². The number of carbonyl (C=O) groups is 2. The van der Waals surface area contributed by atoms with Gasteiger partial charge in [-0.15, -0.1) is 5.10 Å². The number of benzene rings is 3. The summed E-state index contributed by atoms with van der Waals surface area (Å²) in [6.45, 7) is 0.0825. The third-order valence-corrected chi connectivity index (χ3v) is 5.99. The molecule has 1 aliphatic rings. The second kappa shape index (κ2) is 8.91. The third-order valence-electron chi connectivity index (χ3n) is 5.99. The predicted molar refractivity (Wildman–Crippen MR) is 133 cm³/mol. The summed E-state index contributed by atoms with van der Waals surface area (Å²) in [7, 11) is 0. The monoisotopic (exact) mass is 476 g/mol. The first kappa shape index (κ1) is 21.4. The minimum atomic E-state index is -1.18. The van der Waals surface area contributed by atoms with Crippen molar-refractivity contribution in [1.29, 1.82) is 0 Å². The number of aromatic amines is 2. The molecule has 0 spiro atoms. The van der Waals surface area contributed by atoms with Crippen molar-refractivity contribution < 1.29 is 9.59 Å². The van der Waals surface area contributed by atoms with Crippen LogP contribution in [0.15, 0.2) is 89.9 Å². The van der Waals surface area contributed by atoms with E-state index in [-0.39, 0.29) is 6.54 Å². The van der Waals surface area contributed by atoms with E-state index in [1.807, 2.05) is 78.9 Å². The van der Waals surface area contributed by atoms with Crippen LogP contribution in [0.2, 0.25) is 0 Å². The average molecular weight is 477 g/mol. The lowest BCUT2D eigenvalue weighted by Gasteiger charge is -2.24. The van der Waals surface area contributed by atoms with E-state index in [0.29, 0.717) is 22.9 Å². The summed E-state index contributed by atoms with van der Waals surface area (Å²) in [4.78, 5) is 36.5. The summed E-state index contributed by atoms with van der Waals surface area (Å²) in [5, 5.41) is 17.6. The molecule has 3 N–H and O–H groups in total.